The number of ether oxygens (including phenoxy) is 2. The summed E-state index contributed by atoms with van der Waals surface area (Å²) in [6.07, 6.45) is -4.03. The first-order valence-corrected chi connectivity index (χ1v) is 8.99. The summed E-state index contributed by atoms with van der Waals surface area (Å²) >= 11 is 5.76. The van der Waals surface area contributed by atoms with E-state index in [9.17, 15) is 18.0 Å². The van der Waals surface area contributed by atoms with Gasteiger partial charge >= 0.3 is 12.1 Å². The van der Waals surface area contributed by atoms with Crippen molar-refractivity contribution in [2.45, 2.75) is 31.9 Å². The fourth-order valence-corrected chi connectivity index (χ4v) is 2.83. The first-order chi connectivity index (χ1) is 13.2. The molecule has 0 fully saturated rings. The Bertz CT molecular complexity index is 791. The Morgan fingerprint density at radius 3 is 2.36 bits per heavy atom. The number of hydrogen-bond acceptors (Lipinski definition) is 3. The van der Waals surface area contributed by atoms with Gasteiger partial charge in [-0.15, -0.1) is 0 Å². The van der Waals surface area contributed by atoms with Crippen molar-refractivity contribution in [2.24, 2.45) is 0 Å². The number of aliphatic carboxylic acids is 1. The van der Waals surface area contributed by atoms with Crippen molar-refractivity contribution in [1.82, 2.24) is 0 Å². The quantitative estimate of drug-likeness (QED) is 0.526. The molecule has 2 rings (SSSR count). The molecule has 152 valence electrons. The summed E-state index contributed by atoms with van der Waals surface area (Å²) in [6.45, 7) is 2.29. The number of carbonyl (C=O) groups is 1. The number of carboxylic acid groups (broad SMARTS) is 1. The maximum Gasteiger partial charge on any atom is 0.417 e. The van der Waals surface area contributed by atoms with Gasteiger partial charge in [-0.05, 0) is 35.7 Å². The van der Waals surface area contributed by atoms with Crippen LogP contribution in [-0.4, -0.2) is 24.3 Å². The van der Waals surface area contributed by atoms with Gasteiger partial charge in [0.1, 0.15) is 11.5 Å². The Balaban J connectivity index is 1.79. The fourth-order valence-electron chi connectivity index (χ4n) is 2.54. The highest BCUT2D eigenvalue weighted by Crippen LogP contribution is 2.39. The van der Waals surface area contributed by atoms with Gasteiger partial charge in [0.15, 0.2) is 0 Å². The van der Waals surface area contributed by atoms with Crippen molar-refractivity contribution in [3.05, 3.63) is 58.6 Å². The molecule has 0 aliphatic rings. The highest BCUT2D eigenvalue weighted by Gasteiger charge is 2.34. The lowest BCUT2D eigenvalue weighted by atomic mass is 9.98. The molecule has 0 radical (unpaired) electrons. The maximum absolute atomic E-state index is 12.8. The second-order valence-corrected chi connectivity index (χ2v) is 6.61. The van der Waals surface area contributed by atoms with E-state index in [1.54, 1.807) is 12.1 Å². The van der Waals surface area contributed by atoms with Crippen LogP contribution in [0.15, 0.2) is 42.5 Å². The third-order valence-corrected chi connectivity index (χ3v) is 4.40. The lowest BCUT2D eigenvalue weighted by molar-refractivity contribution is -0.138. The van der Waals surface area contributed by atoms with Crippen LogP contribution >= 0.6 is 11.6 Å². The highest BCUT2D eigenvalue weighted by atomic mass is 35.5. The molecule has 1 unspecified atom stereocenters. The molecule has 0 heterocycles. The zero-order valence-electron chi connectivity index (χ0n) is 15.1. The van der Waals surface area contributed by atoms with Crippen LogP contribution in [0, 0.1) is 0 Å². The topological polar surface area (TPSA) is 55.8 Å². The first kappa shape index (κ1) is 21.9. The van der Waals surface area contributed by atoms with Crippen LogP contribution in [0.5, 0.6) is 11.5 Å². The summed E-state index contributed by atoms with van der Waals surface area (Å²) in [6, 6.07) is 10.6. The van der Waals surface area contributed by atoms with E-state index in [1.807, 2.05) is 19.1 Å². The van der Waals surface area contributed by atoms with Gasteiger partial charge in [-0.25, -0.2) is 0 Å². The van der Waals surface area contributed by atoms with E-state index in [0.29, 0.717) is 18.8 Å². The number of alkyl halides is 3. The van der Waals surface area contributed by atoms with E-state index >= 15 is 0 Å². The average Bonchev–Trinajstić information content (AvgIpc) is 2.61. The van der Waals surface area contributed by atoms with Crippen LogP contribution < -0.4 is 9.47 Å². The van der Waals surface area contributed by atoms with E-state index in [4.69, 9.17) is 26.2 Å². The predicted molar refractivity (Wildman–Crippen MR) is 99.2 cm³/mol. The lowest BCUT2D eigenvalue weighted by Gasteiger charge is -2.14. The zero-order chi connectivity index (χ0) is 20.7. The van der Waals surface area contributed by atoms with Crippen LogP contribution in [0.25, 0.3) is 0 Å². The Hall–Kier alpha value is -2.41. The molecule has 4 nitrogen and oxygen atoms in total. The normalized spacial score (nSPS) is 12.5. The Kier molecular flexibility index (Phi) is 7.57. The number of carboxylic acids is 1. The van der Waals surface area contributed by atoms with Crippen LogP contribution in [0.1, 0.15) is 36.8 Å². The summed E-state index contributed by atoms with van der Waals surface area (Å²) in [4.78, 5) is 10.7. The van der Waals surface area contributed by atoms with Crippen LogP contribution in [-0.2, 0) is 11.0 Å². The van der Waals surface area contributed by atoms with Crippen molar-refractivity contribution in [3.63, 3.8) is 0 Å². The number of halogens is 4. The van der Waals surface area contributed by atoms with E-state index in [2.05, 4.69) is 0 Å². The summed E-state index contributed by atoms with van der Waals surface area (Å²) in [5.41, 5.74) is -0.0302. The molecule has 0 amide bonds. The number of hydrogen-bond donors (Lipinski definition) is 1. The molecule has 0 saturated heterocycles. The van der Waals surface area contributed by atoms with Crippen molar-refractivity contribution >= 4 is 17.6 Å². The minimum Gasteiger partial charge on any atom is -0.493 e. The molecule has 0 aliphatic heterocycles. The summed E-state index contributed by atoms with van der Waals surface area (Å²) in [7, 11) is 0. The predicted octanol–water partition coefficient (Wildman–Crippen LogP) is 5.78. The molecule has 0 saturated carbocycles. The van der Waals surface area contributed by atoms with Gasteiger partial charge in [0, 0.05) is 6.42 Å². The molecule has 28 heavy (non-hydrogen) atoms. The van der Waals surface area contributed by atoms with E-state index < -0.39 is 22.7 Å². The minimum absolute atomic E-state index is 0.0201. The van der Waals surface area contributed by atoms with Gasteiger partial charge in [-0.3, -0.25) is 4.79 Å². The Morgan fingerprint density at radius 1 is 1.11 bits per heavy atom. The lowest BCUT2D eigenvalue weighted by Crippen LogP contribution is -2.09. The van der Waals surface area contributed by atoms with Gasteiger partial charge in [0.2, 0.25) is 0 Å². The second-order valence-electron chi connectivity index (χ2n) is 6.23. The number of rotatable bonds is 9. The highest BCUT2D eigenvalue weighted by molar-refractivity contribution is 6.32. The molecule has 0 bridgehead atoms. The molecule has 2 aromatic carbocycles. The summed E-state index contributed by atoms with van der Waals surface area (Å²) < 4.78 is 49.3. The van der Waals surface area contributed by atoms with Gasteiger partial charge in [0.05, 0.1) is 30.2 Å². The monoisotopic (exact) mass is 416 g/mol. The van der Waals surface area contributed by atoms with Gasteiger partial charge in [0.25, 0.3) is 0 Å². The molecule has 0 aliphatic carbocycles. The average molecular weight is 417 g/mol. The van der Waals surface area contributed by atoms with Gasteiger partial charge < -0.3 is 14.6 Å². The van der Waals surface area contributed by atoms with Crippen LogP contribution in [0.3, 0.4) is 0 Å². The van der Waals surface area contributed by atoms with Crippen molar-refractivity contribution in [1.29, 1.82) is 0 Å². The van der Waals surface area contributed by atoms with Crippen molar-refractivity contribution in [2.75, 3.05) is 13.2 Å². The third-order valence-electron chi connectivity index (χ3n) is 4.01. The van der Waals surface area contributed by atoms with E-state index in [0.717, 1.165) is 11.6 Å². The first-order valence-electron chi connectivity index (χ1n) is 8.61. The van der Waals surface area contributed by atoms with E-state index in [-0.39, 0.29) is 24.7 Å². The minimum atomic E-state index is -4.53. The number of benzene rings is 2. The van der Waals surface area contributed by atoms with Gasteiger partial charge in [-0.1, -0.05) is 36.7 Å². The zero-order valence-corrected chi connectivity index (χ0v) is 15.9. The summed E-state index contributed by atoms with van der Waals surface area (Å²) in [5.74, 6) is -0.359. The Morgan fingerprint density at radius 2 is 1.75 bits per heavy atom. The molecule has 0 aromatic heterocycles. The second kappa shape index (κ2) is 9.68. The third kappa shape index (κ3) is 6.34. The molecule has 0 spiro atoms. The fraction of sp³-hybridized carbons (Fsp3) is 0.350. The standard InChI is InChI=1S/C20H20ClF3O4/c1-13(12-18(25)26)14-6-8-15(9-7-14)27-10-3-11-28-17-5-2-4-16(19(17)21)20(22,23)24/h2,4-9,13H,3,10-12H2,1H3,(H,25,26). The molecule has 2 aromatic rings. The van der Waals surface area contributed by atoms with Crippen LogP contribution in [0.2, 0.25) is 5.02 Å². The molecule has 1 N–H and O–H groups in total. The maximum atomic E-state index is 12.8. The molecular formula is C20H20ClF3O4. The smallest absolute Gasteiger partial charge is 0.417 e. The molecule has 8 heteroatoms. The SMILES string of the molecule is CC(CC(=O)O)c1ccc(OCCCOc2cccc(C(F)(F)F)c2Cl)cc1. The van der Waals surface area contributed by atoms with Crippen LogP contribution in [0.4, 0.5) is 13.2 Å². The Labute approximate surface area is 165 Å². The molecular weight excluding hydrogens is 397 g/mol. The largest absolute Gasteiger partial charge is 0.493 e. The van der Waals surface area contributed by atoms with Gasteiger partial charge in [-0.2, -0.15) is 13.2 Å². The molecule has 1 atom stereocenters. The summed E-state index contributed by atoms with van der Waals surface area (Å²) in [5, 5.41) is 8.36. The van der Waals surface area contributed by atoms with E-state index in [1.165, 1.54) is 12.1 Å². The van der Waals surface area contributed by atoms with Crippen molar-refractivity contribution in [3.8, 4) is 11.5 Å². The van der Waals surface area contributed by atoms with Crippen molar-refractivity contribution < 1.29 is 32.5 Å².